The molecule has 0 bridgehead atoms. The van der Waals surface area contributed by atoms with Gasteiger partial charge in [-0.05, 0) is 23.5 Å². The molecule has 2 aromatic carbocycles. The number of hydrogen-bond donors (Lipinski definition) is 1. The predicted molar refractivity (Wildman–Crippen MR) is 88.5 cm³/mol. The van der Waals surface area contributed by atoms with Crippen molar-refractivity contribution in [2.75, 3.05) is 0 Å². The van der Waals surface area contributed by atoms with Gasteiger partial charge in [-0.2, -0.15) is 0 Å². The van der Waals surface area contributed by atoms with Crippen molar-refractivity contribution in [3.8, 4) is 0 Å². The van der Waals surface area contributed by atoms with E-state index in [1.54, 1.807) is 0 Å². The monoisotopic (exact) mass is 297 g/mol. The van der Waals surface area contributed by atoms with Crippen LogP contribution in [0.15, 0.2) is 60.7 Å². The highest BCUT2D eigenvalue weighted by Crippen LogP contribution is 2.11. The van der Waals surface area contributed by atoms with E-state index in [9.17, 15) is 4.79 Å². The number of ether oxygens (including phenoxy) is 1. The summed E-state index contributed by atoms with van der Waals surface area (Å²) in [6.07, 6.45) is 0.442. The standard InChI is InChI=1S/C19H23NO2/c1-15(2)18(13-16-9-5-3-6-10-16)20-19(21)22-14-17-11-7-4-8-12-17/h3-12,15,18H,13-14H2,1-2H3,(H,20,21)/t18-/m0/s1. The van der Waals surface area contributed by atoms with Gasteiger partial charge in [0.25, 0.3) is 0 Å². The van der Waals surface area contributed by atoms with E-state index in [2.05, 4.69) is 31.3 Å². The first-order chi connectivity index (χ1) is 10.6. The number of amides is 1. The second kappa shape index (κ2) is 8.23. The minimum atomic E-state index is -0.363. The molecule has 0 spiro atoms. The van der Waals surface area contributed by atoms with E-state index >= 15 is 0 Å². The first-order valence-corrected chi connectivity index (χ1v) is 7.66. The second-order valence-corrected chi connectivity index (χ2v) is 5.75. The molecule has 1 amide bonds. The molecule has 3 nitrogen and oxygen atoms in total. The van der Waals surface area contributed by atoms with Gasteiger partial charge in [0.15, 0.2) is 0 Å². The second-order valence-electron chi connectivity index (χ2n) is 5.75. The normalized spacial score (nSPS) is 12.0. The third-order valence-corrected chi connectivity index (χ3v) is 3.62. The zero-order chi connectivity index (χ0) is 15.8. The molecule has 22 heavy (non-hydrogen) atoms. The molecule has 2 aromatic rings. The number of hydrogen-bond acceptors (Lipinski definition) is 2. The lowest BCUT2D eigenvalue weighted by Crippen LogP contribution is -2.40. The van der Waals surface area contributed by atoms with Gasteiger partial charge < -0.3 is 10.1 Å². The van der Waals surface area contributed by atoms with E-state index in [0.717, 1.165) is 12.0 Å². The molecular formula is C19H23NO2. The number of alkyl carbamates (subject to hydrolysis) is 1. The summed E-state index contributed by atoms with van der Waals surface area (Å²) >= 11 is 0. The van der Waals surface area contributed by atoms with Crippen molar-refractivity contribution in [1.29, 1.82) is 0 Å². The third-order valence-electron chi connectivity index (χ3n) is 3.62. The van der Waals surface area contributed by atoms with Gasteiger partial charge in [-0.25, -0.2) is 4.79 Å². The minimum Gasteiger partial charge on any atom is -0.445 e. The summed E-state index contributed by atoms with van der Waals surface area (Å²) in [6.45, 7) is 4.50. The van der Waals surface area contributed by atoms with E-state index in [-0.39, 0.29) is 12.1 Å². The lowest BCUT2D eigenvalue weighted by Gasteiger charge is -2.22. The molecule has 0 saturated heterocycles. The Morgan fingerprint density at radius 2 is 1.50 bits per heavy atom. The molecule has 0 fully saturated rings. The fourth-order valence-corrected chi connectivity index (χ4v) is 2.24. The van der Waals surface area contributed by atoms with Crippen LogP contribution in [0.4, 0.5) is 4.79 Å². The van der Waals surface area contributed by atoms with Crippen LogP contribution in [0, 0.1) is 5.92 Å². The number of carbonyl (C=O) groups excluding carboxylic acids is 1. The molecule has 2 rings (SSSR count). The quantitative estimate of drug-likeness (QED) is 0.868. The summed E-state index contributed by atoms with van der Waals surface area (Å²) in [5.41, 5.74) is 2.20. The fraction of sp³-hybridized carbons (Fsp3) is 0.316. The van der Waals surface area contributed by atoms with Crippen LogP contribution in [-0.4, -0.2) is 12.1 Å². The smallest absolute Gasteiger partial charge is 0.407 e. The van der Waals surface area contributed by atoms with Crippen molar-refractivity contribution < 1.29 is 9.53 Å². The van der Waals surface area contributed by atoms with Gasteiger partial charge in [0.1, 0.15) is 6.61 Å². The maximum atomic E-state index is 12.0. The number of benzene rings is 2. The van der Waals surface area contributed by atoms with E-state index in [4.69, 9.17) is 4.74 Å². The predicted octanol–water partition coefficient (Wildman–Crippen LogP) is 4.18. The highest BCUT2D eigenvalue weighted by Gasteiger charge is 2.17. The molecule has 116 valence electrons. The Labute approximate surface area is 132 Å². The minimum absolute atomic E-state index is 0.0608. The summed E-state index contributed by atoms with van der Waals surface area (Å²) in [7, 11) is 0. The van der Waals surface area contributed by atoms with Crippen LogP contribution >= 0.6 is 0 Å². The maximum absolute atomic E-state index is 12.0. The Bertz CT molecular complexity index is 567. The Morgan fingerprint density at radius 1 is 0.955 bits per heavy atom. The fourth-order valence-electron chi connectivity index (χ4n) is 2.24. The van der Waals surface area contributed by atoms with Crippen LogP contribution in [0.1, 0.15) is 25.0 Å². The number of nitrogens with one attached hydrogen (secondary N) is 1. The van der Waals surface area contributed by atoms with Crippen LogP contribution in [0.3, 0.4) is 0 Å². The maximum Gasteiger partial charge on any atom is 0.407 e. The Kier molecular flexibility index (Phi) is 6.01. The number of carbonyl (C=O) groups is 1. The van der Waals surface area contributed by atoms with Gasteiger partial charge >= 0.3 is 6.09 Å². The molecule has 0 radical (unpaired) electrons. The molecule has 0 unspecified atom stereocenters. The molecular weight excluding hydrogens is 274 g/mol. The van der Waals surface area contributed by atoms with Crippen molar-refractivity contribution >= 4 is 6.09 Å². The van der Waals surface area contributed by atoms with Gasteiger partial charge in [-0.3, -0.25) is 0 Å². The van der Waals surface area contributed by atoms with Crippen LogP contribution in [0.2, 0.25) is 0 Å². The van der Waals surface area contributed by atoms with E-state index in [1.807, 2.05) is 48.5 Å². The molecule has 0 aromatic heterocycles. The molecule has 1 N–H and O–H groups in total. The van der Waals surface area contributed by atoms with Gasteiger partial charge in [0.05, 0.1) is 0 Å². The molecule has 0 heterocycles. The first kappa shape index (κ1) is 16.1. The van der Waals surface area contributed by atoms with Gasteiger partial charge in [-0.1, -0.05) is 74.5 Å². The van der Waals surface area contributed by atoms with Gasteiger partial charge in [0, 0.05) is 6.04 Å². The zero-order valence-electron chi connectivity index (χ0n) is 13.2. The third kappa shape index (κ3) is 5.24. The molecule has 3 heteroatoms. The van der Waals surface area contributed by atoms with Crippen LogP contribution in [-0.2, 0) is 17.8 Å². The number of rotatable bonds is 6. The molecule has 0 aliphatic rings. The first-order valence-electron chi connectivity index (χ1n) is 7.66. The topological polar surface area (TPSA) is 38.3 Å². The van der Waals surface area contributed by atoms with Crippen molar-refractivity contribution in [2.45, 2.75) is 32.9 Å². The zero-order valence-corrected chi connectivity index (χ0v) is 13.2. The van der Waals surface area contributed by atoms with Crippen molar-refractivity contribution in [3.63, 3.8) is 0 Å². The summed E-state index contributed by atoms with van der Waals surface area (Å²) in [6, 6.07) is 19.9. The van der Waals surface area contributed by atoms with Crippen LogP contribution in [0.25, 0.3) is 0 Å². The SMILES string of the molecule is CC(C)[C@H](Cc1ccccc1)NC(=O)OCc1ccccc1. The van der Waals surface area contributed by atoms with E-state index < -0.39 is 0 Å². The van der Waals surface area contributed by atoms with Crippen molar-refractivity contribution in [1.82, 2.24) is 5.32 Å². The lowest BCUT2D eigenvalue weighted by atomic mass is 9.97. The van der Waals surface area contributed by atoms with Gasteiger partial charge in [0.2, 0.25) is 0 Å². The van der Waals surface area contributed by atoms with E-state index in [0.29, 0.717) is 12.5 Å². The van der Waals surface area contributed by atoms with Crippen LogP contribution < -0.4 is 5.32 Å². The van der Waals surface area contributed by atoms with Crippen molar-refractivity contribution in [2.24, 2.45) is 5.92 Å². The molecule has 0 aliphatic carbocycles. The largest absolute Gasteiger partial charge is 0.445 e. The summed E-state index contributed by atoms with van der Waals surface area (Å²) in [5.74, 6) is 0.337. The average molecular weight is 297 g/mol. The summed E-state index contributed by atoms with van der Waals surface area (Å²) < 4.78 is 5.30. The molecule has 0 saturated carbocycles. The Hall–Kier alpha value is -2.29. The molecule has 1 atom stereocenters. The van der Waals surface area contributed by atoms with E-state index in [1.165, 1.54) is 5.56 Å². The average Bonchev–Trinajstić information content (AvgIpc) is 2.54. The Morgan fingerprint density at radius 3 is 2.05 bits per heavy atom. The van der Waals surface area contributed by atoms with Crippen molar-refractivity contribution in [3.05, 3.63) is 71.8 Å². The molecule has 0 aliphatic heterocycles. The Balaban J connectivity index is 1.86. The summed E-state index contributed by atoms with van der Waals surface area (Å²) in [4.78, 5) is 12.0. The van der Waals surface area contributed by atoms with Gasteiger partial charge in [-0.15, -0.1) is 0 Å². The van der Waals surface area contributed by atoms with Crippen LogP contribution in [0.5, 0.6) is 0 Å². The summed E-state index contributed by atoms with van der Waals surface area (Å²) in [5, 5.41) is 2.97. The highest BCUT2D eigenvalue weighted by molar-refractivity contribution is 5.67. The highest BCUT2D eigenvalue weighted by atomic mass is 16.5. The lowest BCUT2D eigenvalue weighted by molar-refractivity contribution is 0.132.